The lowest BCUT2D eigenvalue weighted by atomic mass is 9.70. The maximum absolute atomic E-state index is 13.8. The Morgan fingerprint density at radius 1 is 0.912 bits per heavy atom. The molecule has 0 fully saturated rings. The van der Waals surface area contributed by atoms with Crippen LogP contribution in [0.1, 0.15) is 29.5 Å². The highest BCUT2D eigenvalue weighted by Crippen LogP contribution is 2.38. The highest BCUT2D eigenvalue weighted by atomic mass is 35.5. The number of nitrogens with zero attached hydrogens (tertiary/aromatic N) is 2. The normalized spacial score (nSPS) is 14.1. The van der Waals surface area contributed by atoms with Gasteiger partial charge >= 0.3 is 0 Å². The minimum atomic E-state index is -0.716. The largest absolute Gasteiger partial charge is 0.348 e. The molecule has 1 aliphatic heterocycles. The monoisotopic (exact) mass is 494 g/mol. The van der Waals surface area contributed by atoms with Crippen LogP contribution in [0.15, 0.2) is 91.0 Å². The first kappa shape index (κ1) is 26.0. The number of amides is 1. The van der Waals surface area contributed by atoms with E-state index in [4.69, 9.17) is 11.6 Å². The van der Waals surface area contributed by atoms with E-state index in [0.29, 0.717) is 0 Å². The third-order valence-corrected chi connectivity index (χ3v) is 6.87. The average molecular weight is 495 g/mol. The zero-order chi connectivity index (χ0) is 23.3. The fraction of sp³-hybridized carbons (Fsp3) is 0.276. The van der Waals surface area contributed by atoms with Crippen molar-refractivity contribution >= 4 is 35.5 Å². The number of likely N-dealkylation sites (N-methyl/N-ethyl adjacent to an activating group) is 1. The number of hydrogen-bond donors (Lipinski definition) is 0. The Morgan fingerprint density at radius 2 is 1.47 bits per heavy atom. The third kappa shape index (κ3) is 5.55. The van der Waals surface area contributed by atoms with Gasteiger partial charge in [0, 0.05) is 38.8 Å². The Kier molecular flexibility index (Phi) is 8.96. The summed E-state index contributed by atoms with van der Waals surface area (Å²) in [7, 11) is 3.70. The van der Waals surface area contributed by atoms with Crippen LogP contribution < -0.4 is 0 Å². The van der Waals surface area contributed by atoms with E-state index in [1.54, 1.807) is 4.90 Å². The number of rotatable bonds is 7. The first-order chi connectivity index (χ1) is 16.0. The summed E-state index contributed by atoms with van der Waals surface area (Å²) in [5.41, 5.74) is 3.98. The zero-order valence-corrected chi connectivity index (χ0v) is 21.4. The van der Waals surface area contributed by atoms with Crippen molar-refractivity contribution in [2.24, 2.45) is 0 Å². The van der Waals surface area contributed by atoms with Gasteiger partial charge in [-0.05, 0) is 47.2 Å². The second kappa shape index (κ2) is 11.7. The van der Waals surface area contributed by atoms with Crippen molar-refractivity contribution in [3.8, 4) is 0 Å². The minimum Gasteiger partial charge on any atom is -0.348 e. The number of halogens is 2. The molecule has 0 atom stereocenters. The van der Waals surface area contributed by atoms with Gasteiger partial charge in [0.05, 0.1) is 0 Å². The van der Waals surface area contributed by atoms with E-state index in [1.165, 1.54) is 11.1 Å². The van der Waals surface area contributed by atoms with E-state index in [9.17, 15) is 4.79 Å². The van der Waals surface area contributed by atoms with E-state index in [0.717, 1.165) is 48.6 Å². The van der Waals surface area contributed by atoms with Crippen LogP contribution in [0.3, 0.4) is 0 Å². The van der Waals surface area contributed by atoms with Gasteiger partial charge in [-0.25, -0.2) is 0 Å². The molecule has 0 radical (unpaired) electrons. The molecule has 34 heavy (non-hydrogen) atoms. The molecule has 3 aromatic rings. The summed E-state index contributed by atoms with van der Waals surface area (Å²) in [6.45, 7) is 2.70. The van der Waals surface area contributed by atoms with Crippen LogP contribution in [0, 0.1) is 0 Å². The quantitative estimate of drug-likeness (QED) is 0.383. The van der Waals surface area contributed by atoms with Gasteiger partial charge in [-0.3, -0.25) is 9.69 Å². The molecule has 1 heterocycles. The van der Waals surface area contributed by atoms with Crippen molar-refractivity contribution < 1.29 is 4.79 Å². The van der Waals surface area contributed by atoms with Gasteiger partial charge < -0.3 is 4.90 Å². The van der Waals surface area contributed by atoms with Gasteiger partial charge in [-0.15, -0.1) is 12.4 Å². The van der Waals surface area contributed by atoms with Crippen LogP contribution in [0.25, 0.3) is 5.57 Å². The van der Waals surface area contributed by atoms with E-state index in [1.807, 2.05) is 62.6 Å². The smallest absolute Gasteiger partial charge is 0.237 e. The molecular weight excluding hydrogens is 463 g/mol. The maximum atomic E-state index is 13.8. The lowest BCUT2D eigenvalue weighted by Gasteiger charge is -2.38. The van der Waals surface area contributed by atoms with Crippen LogP contribution in [0.4, 0.5) is 0 Å². The highest BCUT2D eigenvalue weighted by Gasteiger charge is 2.43. The molecule has 3 nitrogen and oxygen atoms in total. The van der Waals surface area contributed by atoms with Crippen LogP contribution in [0.5, 0.6) is 0 Å². The topological polar surface area (TPSA) is 23.6 Å². The predicted octanol–water partition coefficient (Wildman–Crippen LogP) is 6.32. The zero-order valence-electron chi connectivity index (χ0n) is 19.8. The van der Waals surface area contributed by atoms with Gasteiger partial charge in [-0.1, -0.05) is 90.5 Å². The van der Waals surface area contributed by atoms with Crippen molar-refractivity contribution in [3.63, 3.8) is 0 Å². The molecule has 3 aromatic carbocycles. The second-order valence-corrected chi connectivity index (χ2v) is 9.31. The molecule has 178 valence electrons. The van der Waals surface area contributed by atoms with Crippen molar-refractivity contribution in [3.05, 3.63) is 113 Å². The fourth-order valence-electron chi connectivity index (χ4n) is 4.80. The van der Waals surface area contributed by atoms with E-state index in [-0.39, 0.29) is 18.3 Å². The van der Waals surface area contributed by atoms with Crippen molar-refractivity contribution in [1.29, 1.82) is 0 Å². The number of carbonyl (C=O) groups excluding carboxylic acids is 1. The minimum absolute atomic E-state index is 0. The van der Waals surface area contributed by atoms with Gasteiger partial charge in [0.15, 0.2) is 0 Å². The Hall–Kier alpha value is -2.59. The second-order valence-electron chi connectivity index (χ2n) is 8.87. The molecule has 1 aliphatic rings. The Balaban J connectivity index is 0.00000324. The summed E-state index contributed by atoms with van der Waals surface area (Å²) < 4.78 is 0. The number of hydrogen-bond acceptors (Lipinski definition) is 2. The lowest BCUT2D eigenvalue weighted by molar-refractivity contribution is -0.133. The summed E-state index contributed by atoms with van der Waals surface area (Å²) in [6, 6.07) is 28.5. The molecular formula is C29H32Cl2N2O. The molecule has 4 rings (SSSR count). The molecule has 0 saturated heterocycles. The fourth-order valence-corrected chi connectivity index (χ4v) is 4.93. The molecule has 0 saturated carbocycles. The molecule has 0 aromatic heterocycles. The Labute approximate surface area is 214 Å². The number of benzene rings is 3. The lowest BCUT2D eigenvalue weighted by Crippen LogP contribution is -2.47. The molecule has 5 heteroatoms. The van der Waals surface area contributed by atoms with Crippen LogP contribution in [-0.4, -0.2) is 49.4 Å². The van der Waals surface area contributed by atoms with E-state index in [2.05, 4.69) is 47.4 Å². The highest BCUT2D eigenvalue weighted by molar-refractivity contribution is 6.30. The molecule has 0 spiro atoms. The summed E-state index contributed by atoms with van der Waals surface area (Å²) in [5, 5.41) is 0.764. The molecule has 1 amide bonds. The summed E-state index contributed by atoms with van der Waals surface area (Å²) in [6.07, 6.45) is 4.03. The predicted molar refractivity (Wildman–Crippen MR) is 145 cm³/mol. The summed E-state index contributed by atoms with van der Waals surface area (Å²) in [5.74, 6) is 0.120. The SMILES string of the molecule is CN(C)C(=O)C(CCN1CC=C(c2ccc(Cl)cc2)CC1)(c1ccccc1)c1ccccc1.Cl. The molecule has 0 aliphatic carbocycles. The van der Waals surface area contributed by atoms with Crippen molar-refractivity contribution in [2.75, 3.05) is 33.7 Å². The van der Waals surface area contributed by atoms with Crippen LogP contribution in [-0.2, 0) is 10.2 Å². The van der Waals surface area contributed by atoms with Gasteiger partial charge in [-0.2, -0.15) is 0 Å². The van der Waals surface area contributed by atoms with Crippen LogP contribution in [0.2, 0.25) is 5.02 Å². The molecule has 0 unspecified atom stereocenters. The number of carbonyl (C=O) groups is 1. The van der Waals surface area contributed by atoms with Crippen molar-refractivity contribution in [1.82, 2.24) is 9.80 Å². The first-order valence-corrected chi connectivity index (χ1v) is 11.9. The van der Waals surface area contributed by atoms with E-state index >= 15 is 0 Å². The van der Waals surface area contributed by atoms with Gasteiger partial charge in [0.1, 0.15) is 5.41 Å². The average Bonchev–Trinajstić information content (AvgIpc) is 2.86. The standard InChI is InChI=1S/C29H31ClN2O.ClH/c1-31(2)28(33)29(25-9-5-3-6-10-25,26-11-7-4-8-12-26)19-22-32-20-17-24(18-21-32)23-13-15-27(30)16-14-23;/h3-17H,18-22H2,1-2H3;1H. The molecule has 0 bridgehead atoms. The van der Waals surface area contributed by atoms with Crippen molar-refractivity contribution in [2.45, 2.75) is 18.3 Å². The summed E-state index contributed by atoms with van der Waals surface area (Å²) >= 11 is 6.05. The van der Waals surface area contributed by atoms with E-state index < -0.39 is 5.41 Å². The Bertz CT molecular complexity index is 1060. The maximum Gasteiger partial charge on any atom is 0.237 e. The Morgan fingerprint density at radius 3 is 1.94 bits per heavy atom. The third-order valence-electron chi connectivity index (χ3n) is 6.62. The van der Waals surface area contributed by atoms with Crippen LogP contribution >= 0.6 is 24.0 Å². The van der Waals surface area contributed by atoms with Gasteiger partial charge in [0.2, 0.25) is 5.91 Å². The van der Waals surface area contributed by atoms with Gasteiger partial charge in [0.25, 0.3) is 0 Å². The summed E-state index contributed by atoms with van der Waals surface area (Å²) in [4.78, 5) is 18.0. The first-order valence-electron chi connectivity index (χ1n) is 11.5. The molecule has 0 N–H and O–H groups in total.